The van der Waals surface area contributed by atoms with Crippen LogP contribution in [0.4, 0.5) is 0 Å². The number of carboxylic acid groups (broad SMARTS) is 1. The number of hydrogen-bond donors (Lipinski definition) is 5. The lowest BCUT2D eigenvalue weighted by atomic mass is 10.0. The number of carboxylic acids is 1. The molecule has 1 aromatic carbocycles. The Morgan fingerprint density at radius 1 is 1.16 bits per heavy atom. The van der Waals surface area contributed by atoms with Gasteiger partial charge in [-0.25, -0.2) is 9.78 Å². The summed E-state index contributed by atoms with van der Waals surface area (Å²) in [6.45, 7) is 3.46. The zero-order valence-electron chi connectivity index (χ0n) is 17.4. The molecule has 0 aliphatic carbocycles. The summed E-state index contributed by atoms with van der Waals surface area (Å²) < 4.78 is 0. The Kier molecular flexibility index (Phi) is 8.44. The summed E-state index contributed by atoms with van der Waals surface area (Å²) in [6, 6.07) is 6.44. The lowest BCUT2D eigenvalue weighted by Gasteiger charge is -2.19. The third kappa shape index (κ3) is 7.34. The van der Waals surface area contributed by atoms with Crippen LogP contribution < -0.4 is 16.4 Å². The van der Waals surface area contributed by atoms with Gasteiger partial charge >= 0.3 is 5.97 Å². The van der Waals surface area contributed by atoms with Crippen molar-refractivity contribution in [2.24, 2.45) is 11.7 Å². The summed E-state index contributed by atoms with van der Waals surface area (Å²) in [7, 11) is 0. The second kappa shape index (κ2) is 11.0. The van der Waals surface area contributed by atoms with Gasteiger partial charge in [-0.15, -0.1) is 0 Å². The molecule has 2 atom stereocenters. The standard InChI is InChI=1S/C21H27N5O5/c1-12(2)8-16(21(30)31)26-20(29)15(22)9-14-10-23-18(25-14)17(27)11-24-19(28)13-6-4-3-5-7-13/h3-7,10,12,15-16H,8-9,11,22H2,1-2H3,(H,23,25)(H,24,28)(H,26,29)(H,30,31). The van der Waals surface area contributed by atoms with E-state index >= 15 is 0 Å². The minimum Gasteiger partial charge on any atom is -0.480 e. The first-order valence-corrected chi connectivity index (χ1v) is 9.86. The van der Waals surface area contributed by atoms with Crippen molar-refractivity contribution < 1.29 is 24.3 Å². The molecule has 1 heterocycles. The van der Waals surface area contributed by atoms with Gasteiger partial charge < -0.3 is 26.5 Å². The van der Waals surface area contributed by atoms with Crippen LogP contribution in [-0.2, 0) is 16.0 Å². The summed E-state index contributed by atoms with van der Waals surface area (Å²) >= 11 is 0. The highest BCUT2D eigenvalue weighted by Gasteiger charge is 2.25. The van der Waals surface area contributed by atoms with E-state index in [1.807, 2.05) is 13.8 Å². The maximum Gasteiger partial charge on any atom is 0.326 e. The Bertz CT molecular complexity index is 925. The van der Waals surface area contributed by atoms with Crippen LogP contribution in [0.5, 0.6) is 0 Å². The Hall–Kier alpha value is -3.53. The number of aromatic nitrogens is 2. The molecule has 0 bridgehead atoms. The van der Waals surface area contributed by atoms with E-state index < -0.39 is 29.7 Å². The molecule has 0 fully saturated rings. The van der Waals surface area contributed by atoms with E-state index in [-0.39, 0.29) is 37.0 Å². The molecule has 2 unspecified atom stereocenters. The van der Waals surface area contributed by atoms with Gasteiger partial charge in [-0.2, -0.15) is 0 Å². The number of rotatable bonds is 11. The first-order chi connectivity index (χ1) is 14.7. The Balaban J connectivity index is 1.88. The van der Waals surface area contributed by atoms with Gasteiger partial charge in [-0.1, -0.05) is 32.0 Å². The maximum absolute atomic E-state index is 12.3. The summed E-state index contributed by atoms with van der Waals surface area (Å²) in [5, 5.41) is 14.2. The number of aromatic amines is 1. The van der Waals surface area contributed by atoms with Crippen molar-refractivity contribution in [3.05, 3.63) is 53.6 Å². The number of benzene rings is 1. The highest BCUT2D eigenvalue weighted by Crippen LogP contribution is 2.07. The minimum absolute atomic E-state index is 0.0270. The van der Waals surface area contributed by atoms with Crippen molar-refractivity contribution in [1.82, 2.24) is 20.6 Å². The Morgan fingerprint density at radius 3 is 2.45 bits per heavy atom. The third-order valence-electron chi connectivity index (χ3n) is 4.44. The van der Waals surface area contributed by atoms with Crippen molar-refractivity contribution in [2.45, 2.75) is 38.8 Å². The second-order valence-electron chi connectivity index (χ2n) is 7.57. The number of nitrogens with one attached hydrogen (secondary N) is 3. The van der Waals surface area contributed by atoms with E-state index in [9.17, 15) is 24.3 Å². The molecule has 10 nitrogen and oxygen atoms in total. The van der Waals surface area contributed by atoms with Crippen LogP contribution in [0.25, 0.3) is 0 Å². The maximum atomic E-state index is 12.3. The minimum atomic E-state index is -1.12. The zero-order chi connectivity index (χ0) is 23.0. The van der Waals surface area contributed by atoms with E-state index in [1.54, 1.807) is 30.3 Å². The molecule has 10 heteroatoms. The second-order valence-corrected chi connectivity index (χ2v) is 7.57. The molecule has 0 saturated heterocycles. The molecule has 0 spiro atoms. The fourth-order valence-electron chi connectivity index (χ4n) is 2.84. The number of carbonyl (C=O) groups is 4. The van der Waals surface area contributed by atoms with Crippen LogP contribution >= 0.6 is 0 Å². The van der Waals surface area contributed by atoms with Gasteiger partial charge in [0, 0.05) is 23.9 Å². The largest absolute Gasteiger partial charge is 0.480 e. The van der Waals surface area contributed by atoms with Gasteiger partial charge in [0.2, 0.25) is 11.7 Å². The van der Waals surface area contributed by atoms with Gasteiger partial charge in [0.05, 0.1) is 12.6 Å². The lowest BCUT2D eigenvalue weighted by molar-refractivity contribution is -0.142. The highest BCUT2D eigenvalue weighted by molar-refractivity contribution is 6.00. The van der Waals surface area contributed by atoms with Crippen molar-refractivity contribution in [3.63, 3.8) is 0 Å². The number of carbonyl (C=O) groups excluding carboxylic acids is 3. The third-order valence-corrected chi connectivity index (χ3v) is 4.44. The van der Waals surface area contributed by atoms with Gasteiger partial charge in [0.15, 0.2) is 5.82 Å². The van der Waals surface area contributed by atoms with Crippen molar-refractivity contribution in [3.8, 4) is 0 Å². The quantitative estimate of drug-likeness (QED) is 0.324. The van der Waals surface area contributed by atoms with Crippen LogP contribution in [0, 0.1) is 5.92 Å². The number of imidazole rings is 1. The van der Waals surface area contributed by atoms with E-state index in [2.05, 4.69) is 20.6 Å². The number of aliphatic carboxylic acids is 1. The highest BCUT2D eigenvalue weighted by atomic mass is 16.4. The lowest BCUT2D eigenvalue weighted by Crippen LogP contribution is -2.49. The summed E-state index contributed by atoms with van der Waals surface area (Å²) in [5.74, 6) is -2.43. The topological polar surface area (TPSA) is 167 Å². The monoisotopic (exact) mass is 429 g/mol. The summed E-state index contributed by atoms with van der Waals surface area (Å²) in [4.78, 5) is 54.6. The molecule has 2 amide bonds. The van der Waals surface area contributed by atoms with E-state index in [0.717, 1.165) is 0 Å². The smallest absolute Gasteiger partial charge is 0.326 e. The van der Waals surface area contributed by atoms with Crippen molar-refractivity contribution in [2.75, 3.05) is 6.54 Å². The Morgan fingerprint density at radius 2 is 1.84 bits per heavy atom. The number of amides is 2. The van der Waals surface area contributed by atoms with E-state index in [1.165, 1.54) is 6.20 Å². The molecule has 2 rings (SSSR count). The van der Waals surface area contributed by atoms with Gasteiger partial charge in [-0.3, -0.25) is 14.4 Å². The molecule has 2 aromatic rings. The summed E-state index contributed by atoms with van der Waals surface area (Å²) in [6.07, 6.45) is 1.70. The number of H-pyrrole nitrogens is 1. The first kappa shape index (κ1) is 23.7. The van der Waals surface area contributed by atoms with Crippen LogP contribution in [0.15, 0.2) is 36.5 Å². The SMILES string of the molecule is CC(C)CC(NC(=O)C(N)Cc1cnc(C(=O)CNC(=O)c2ccccc2)[nH]1)C(=O)O. The Labute approximate surface area is 179 Å². The molecule has 0 radical (unpaired) electrons. The van der Waals surface area contributed by atoms with Gasteiger partial charge in [-0.05, 0) is 24.5 Å². The van der Waals surface area contributed by atoms with Crippen molar-refractivity contribution in [1.29, 1.82) is 0 Å². The fraction of sp³-hybridized carbons (Fsp3) is 0.381. The van der Waals surface area contributed by atoms with Crippen molar-refractivity contribution >= 4 is 23.6 Å². The van der Waals surface area contributed by atoms with Crippen LogP contribution in [0.1, 0.15) is 46.9 Å². The predicted octanol–water partition coefficient (Wildman–Crippen LogP) is 0.508. The van der Waals surface area contributed by atoms with Gasteiger partial charge in [0.1, 0.15) is 6.04 Å². The molecular formula is C21H27N5O5. The molecular weight excluding hydrogens is 402 g/mol. The summed E-state index contributed by atoms with van der Waals surface area (Å²) in [5.41, 5.74) is 6.76. The normalized spacial score (nSPS) is 12.8. The predicted molar refractivity (Wildman–Crippen MR) is 112 cm³/mol. The van der Waals surface area contributed by atoms with Gasteiger partial charge in [0.25, 0.3) is 5.91 Å². The molecule has 1 aromatic heterocycles. The van der Waals surface area contributed by atoms with Crippen LogP contribution in [0.2, 0.25) is 0 Å². The van der Waals surface area contributed by atoms with Crippen LogP contribution in [-0.4, -0.2) is 57.3 Å². The average molecular weight is 429 g/mol. The van der Waals surface area contributed by atoms with E-state index in [4.69, 9.17) is 5.73 Å². The van der Waals surface area contributed by atoms with E-state index in [0.29, 0.717) is 11.3 Å². The van der Waals surface area contributed by atoms with Crippen LogP contribution in [0.3, 0.4) is 0 Å². The zero-order valence-corrected chi connectivity index (χ0v) is 17.4. The fourth-order valence-corrected chi connectivity index (χ4v) is 2.84. The molecule has 0 aliphatic rings. The number of nitrogens with zero attached hydrogens (tertiary/aromatic N) is 1. The molecule has 166 valence electrons. The number of hydrogen-bond acceptors (Lipinski definition) is 6. The number of nitrogens with two attached hydrogens (primary N) is 1. The molecule has 31 heavy (non-hydrogen) atoms. The molecule has 6 N–H and O–H groups in total. The average Bonchev–Trinajstić information content (AvgIpc) is 3.19. The first-order valence-electron chi connectivity index (χ1n) is 9.86. The molecule has 0 saturated carbocycles. The molecule has 0 aliphatic heterocycles. The number of Topliss-reactive ketones (excluding diaryl/α,β-unsaturated/α-hetero) is 1. The number of ketones is 1.